The lowest BCUT2D eigenvalue weighted by molar-refractivity contribution is 0.424. The van der Waals surface area contributed by atoms with E-state index in [0.717, 1.165) is 9.37 Å². The summed E-state index contributed by atoms with van der Waals surface area (Å²) in [6, 6.07) is 13.4. The lowest BCUT2D eigenvalue weighted by atomic mass is 10.3. The first-order valence-corrected chi connectivity index (χ1v) is 7.92. The van der Waals surface area contributed by atoms with Crippen LogP contribution in [0.5, 0.6) is 0 Å². The van der Waals surface area contributed by atoms with Crippen LogP contribution in [0.25, 0.3) is 11.6 Å². The highest BCUT2D eigenvalue weighted by molar-refractivity contribution is 9.10. The van der Waals surface area contributed by atoms with Crippen LogP contribution in [0.1, 0.15) is 5.82 Å². The third-order valence-electron chi connectivity index (χ3n) is 2.64. The maximum Gasteiger partial charge on any atom is 0.276 e. The average Bonchev–Trinajstić information content (AvgIpc) is 2.96. The summed E-state index contributed by atoms with van der Waals surface area (Å²) < 4.78 is 6.27. The van der Waals surface area contributed by atoms with Crippen molar-refractivity contribution >= 4 is 33.5 Å². The number of pyridine rings is 1. The minimum atomic E-state index is 0.383. The summed E-state index contributed by atoms with van der Waals surface area (Å²) in [5, 5.41) is 3.96. The van der Waals surface area contributed by atoms with Gasteiger partial charge in [0.1, 0.15) is 11.5 Å². The fraction of sp³-hybridized carbons (Fsp3) is 0.0714. The van der Waals surface area contributed by atoms with Crippen LogP contribution >= 0.6 is 27.7 Å². The summed E-state index contributed by atoms with van der Waals surface area (Å²) in [5.74, 6) is 2.07. The minimum absolute atomic E-state index is 0.383. The standard InChI is InChI=1S/C14H11BrN4OS/c15-9-4-6-10(7-5-9)21-8-13-18-14(20-19-13)11-2-1-3-12(16)17-11/h1-7H,8H2,(H2,16,17). The molecule has 106 valence electrons. The van der Waals surface area contributed by atoms with Crippen LogP contribution in [0.2, 0.25) is 0 Å². The van der Waals surface area contributed by atoms with Gasteiger partial charge in [-0.15, -0.1) is 11.8 Å². The molecule has 0 aliphatic rings. The Morgan fingerprint density at radius 2 is 1.90 bits per heavy atom. The molecular formula is C14H11BrN4OS. The molecule has 0 saturated heterocycles. The molecule has 2 heterocycles. The van der Waals surface area contributed by atoms with Crippen molar-refractivity contribution in [1.82, 2.24) is 15.1 Å². The molecule has 0 aliphatic carbocycles. The third kappa shape index (κ3) is 3.62. The zero-order valence-electron chi connectivity index (χ0n) is 10.9. The van der Waals surface area contributed by atoms with E-state index in [9.17, 15) is 0 Å². The van der Waals surface area contributed by atoms with E-state index in [1.165, 1.54) is 0 Å². The van der Waals surface area contributed by atoms with Crippen molar-refractivity contribution in [3.63, 3.8) is 0 Å². The molecule has 2 N–H and O–H groups in total. The molecule has 3 aromatic rings. The summed E-state index contributed by atoms with van der Waals surface area (Å²) in [7, 11) is 0. The van der Waals surface area contributed by atoms with Crippen LogP contribution in [-0.4, -0.2) is 15.1 Å². The first kappa shape index (κ1) is 14.1. The highest BCUT2D eigenvalue weighted by atomic mass is 79.9. The lowest BCUT2D eigenvalue weighted by Crippen LogP contribution is -1.91. The van der Waals surface area contributed by atoms with E-state index in [1.54, 1.807) is 30.0 Å². The van der Waals surface area contributed by atoms with Crippen LogP contribution in [0.3, 0.4) is 0 Å². The quantitative estimate of drug-likeness (QED) is 0.711. The Balaban J connectivity index is 1.69. The van der Waals surface area contributed by atoms with Crippen LogP contribution in [0.4, 0.5) is 5.82 Å². The molecule has 0 aliphatic heterocycles. The number of halogens is 1. The molecule has 1 aromatic carbocycles. The van der Waals surface area contributed by atoms with Gasteiger partial charge in [0.25, 0.3) is 5.89 Å². The van der Waals surface area contributed by atoms with Gasteiger partial charge in [-0.25, -0.2) is 4.98 Å². The van der Waals surface area contributed by atoms with Crippen molar-refractivity contribution in [2.24, 2.45) is 0 Å². The molecule has 2 aromatic heterocycles. The number of nitrogen functional groups attached to an aromatic ring is 1. The van der Waals surface area contributed by atoms with Crippen molar-refractivity contribution in [1.29, 1.82) is 0 Å². The van der Waals surface area contributed by atoms with Gasteiger partial charge in [0, 0.05) is 9.37 Å². The van der Waals surface area contributed by atoms with Crippen LogP contribution < -0.4 is 5.73 Å². The smallest absolute Gasteiger partial charge is 0.276 e. The molecule has 0 fully saturated rings. The minimum Gasteiger partial charge on any atom is -0.384 e. The number of hydrogen-bond donors (Lipinski definition) is 1. The second-order valence-electron chi connectivity index (χ2n) is 4.21. The number of benzene rings is 1. The zero-order valence-corrected chi connectivity index (χ0v) is 13.3. The monoisotopic (exact) mass is 362 g/mol. The Morgan fingerprint density at radius 1 is 1.10 bits per heavy atom. The molecule has 5 nitrogen and oxygen atoms in total. The molecule has 0 radical (unpaired) electrons. The van der Waals surface area contributed by atoms with E-state index >= 15 is 0 Å². The number of rotatable bonds is 4. The first-order chi connectivity index (χ1) is 10.2. The molecule has 0 spiro atoms. The van der Waals surface area contributed by atoms with Gasteiger partial charge in [-0.05, 0) is 36.4 Å². The largest absolute Gasteiger partial charge is 0.384 e. The van der Waals surface area contributed by atoms with Gasteiger partial charge in [0.05, 0.1) is 5.75 Å². The topological polar surface area (TPSA) is 77.8 Å². The number of anilines is 1. The fourth-order valence-corrected chi connectivity index (χ4v) is 2.67. The second-order valence-corrected chi connectivity index (χ2v) is 6.17. The van der Waals surface area contributed by atoms with Crippen LogP contribution in [0, 0.1) is 0 Å². The number of aromatic nitrogens is 3. The summed E-state index contributed by atoms with van der Waals surface area (Å²) in [6.45, 7) is 0. The number of nitrogens with two attached hydrogens (primary N) is 1. The third-order valence-corrected chi connectivity index (χ3v) is 4.18. The molecule has 3 rings (SSSR count). The molecule has 21 heavy (non-hydrogen) atoms. The van der Waals surface area contributed by atoms with Gasteiger partial charge < -0.3 is 10.3 Å². The maximum absolute atomic E-state index is 5.64. The summed E-state index contributed by atoms with van der Waals surface area (Å²) in [5.41, 5.74) is 6.23. The summed E-state index contributed by atoms with van der Waals surface area (Å²) in [6.07, 6.45) is 0. The summed E-state index contributed by atoms with van der Waals surface area (Å²) >= 11 is 5.05. The van der Waals surface area contributed by atoms with Gasteiger partial charge in [-0.2, -0.15) is 4.98 Å². The molecule has 0 amide bonds. The van der Waals surface area contributed by atoms with Crippen molar-refractivity contribution < 1.29 is 4.52 Å². The Bertz CT molecular complexity index is 745. The highest BCUT2D eigenvalue weighted by Gasteiger charge is 2.10. The number of hydrogen-bond acceptors (Lipinski definition) is 6. The van der Waals surface area contributed by atoms with Gasteiger partial charge in [-0.1, -0.05) is 27.2 Å². The predicted molar refractivity (Wildman–Crippen MR) is 85.6 cm³/mol. The van der Waals surface area contributed by atoms with Gasteiger partial charge in [-0.3, -0.25) is 0 Å². The Kier molecular flexibility index (Phi) is 4.21. The Hall–Kier alpha value is -1.86. The van der Waals surface area contributed by atoms with E-state index in [1.807, 2.05) is 24.3 Å². The van der Waals surface area contributed by atoms with E-state index in [4.69, 9.17) is 10.3 Å². The maximum atomic E-state index is 5.64. The van der Waals surface area contributed by atoms with Crippen molar-refractivity contribution in [3.05, 3.63) is 52.8 Å². The van der Waals surface area contributed by atoms with E-state index in [2.05, 4.69) is 31.1 Å². The fourth-order valence-electron chi connectivity index (χ4n) is 1.67. The van der Waals surface area contributed by atoms with E-state index in [0.29, 0.717) is 29.0 Å². The molecule has 0 atom stereocenters. The highest BCUT2D eigenvalue weighted by Crippen LogP contribution is 2.24. The average molecular weight is 363 g/mol. The van der Waals surface area contributed by atoms with Gasteiger partial charge in [0.15, 0.2) is 5.82 Å². The normalized spacial score (nSPS) is 10.7. The van der Waals surface area contributed by atoms with Crippen molar-refractivity contribution in [2.75, 3.05) is 5.73 Å². The number of thioether (sulfide) groups is 1. The van der Waals surface area contributed by atoms with Gasteiger partial charge in [0.2, 0.25) is 0 Å². The number of nitrogens with zero attached hydrogens (tertiary/aromatic N) is 3. The molecule has 0 unspecified atom stereocenters. The summed E-state index contributed by atoms with van der Waals surface area (Å²) in [4.78, 5) is 9.63. The zero-order chi connectivity index (χ0) is 14.7. The van der Waals surface area contributed by atoms with Crippen LogP contribution in [-0.2, 0) is 5.75 Å². The van der Waals surface area contributed by atoms with Crippen molar-refractivity contribution in [3.8, 4) is 11.6 Å². The Morgan fingerprint density at radius 3 is 2.67 bits per heavy atom. The molecule has 0 bridgehead atoms. The first-order valence-electron chi connectivity index (χ1n) is 6.14. The van der Waals surface area contributed by atoms with Crippen LogP contribution in [0.15, 0.2) is 56.4 Å². The second kappa shape index (κ2) is 6.28. The van der Waals surface area contributed by atoms with Crippen molar-refractivity contribution in [2.45, 2.75) is 10.6 Å². The molecule has 0 saturated carbocycles. The lowest BCUT2D eigenvalue weighted by Gasteiger charge is -1.98. The van der Waals surface area contributed by atoms with Gasteiger partial charge >= 0.3 is 0 Å². The molecular weight excluding hydrogens is 352 g/mol. The Labute approximate surface area is 134 Å². The SMILES string of the molecule is Nc1cccc(-c2nc(CSc3ccc(Br)cc3)no2)n1. The molecule has 7 heteroatoms. The van der Waals surface area contributed by atoms with E-state index in [-0.39, 0.29) is 0 Å². The van der Waals surface area contributed by atoms with E-state index < -0.39 is 0 Å². The predicted octanol–water partition coefficient (Wildman–Crippen LogP) is 3.77.